The molecule has 2 heterocycles. The number of fused-ring (bicyclic) bond motifs is 1. The molecule has 1 aromatic carbocycles. The second-order valence-electron chi connectivity index (χ2n) is 9.58. The van der Waals surface area contributed by atoms with Gasteiger partial charge in [0.05, 0.1) is 12.4 Å². The molecule has 0 aliphatic heterocycles. The van der Waals surface area contributed by atoms with Crippen molar-refractivity contribution in [3.8, 4) is 5.75 Å². The van der Waals surface area contributed by atoms with Crippen LogP contribution >= 0.6 is 0 Å². The molecule has 164 valence electrons. The van der Waals surface area contributed by atoms with Crippen molar-refractivity contribution in [1.29, 1.82) is 0 Å². The molecule has 0 bridgehead atoms. The molecular weight excluding hydrogens is 396 g/mol. The molecule has 9 nitrogen and oxygen atoms in total. The Morgan fingerprint density at radius 1 is 1.10 bits per heavy atom. The molecule has 3 rings (SSSR count). The number of phenolic OH excluding ortho intramolecular Hbond substituents is 1. The first kappa shape index (κ1) is 22.2. The zero-order valence-corrected chi connectivity index (χ0v) is 18.9. The summed E-state index contributed by atoms with van der Waals surface area (Å²) >= 11 is 0. The monoisotopic (exact) mass is 424 g/mol. The molecule has 0 amide bonds. The average Bonchev–Trinajstić information content (AvgIpc) is 2.65. The fraction of sp³-hybridized carbons (Fsp3) is 0.409. The van der Waals surface area contributed by atoms with Crippen LogP contribution in [0.5, 0.6) is 5.75 Å². The molecular formula is C22H28N6O3. The summed E-state index contributed by atoms with van der Waals surface area (Å²) < 4.78 is 1.19. The van der Waals surface area contributed by atoms with Crippen molar-refractivity contribution >= 4 is 23.3 Å². The van der Waals surface area contributed by atoms with Crippen molar-refractivity contribution in [3.63, 3.8) is 0 Å². The fourth-order valence-corrected chi connectivity index (χ4v) is 3.23. The number of rotatable bonds is 3. The van der Waals surface area contributed by atoms with Crippen LogP contribution in [-0.2, 0) is 17.9 Å². The Bertz CT molecular complexity index is 1250. The Labute approximate surface area is 179 Å². The van der Waals surface area contributed by atoms with Gasteiger partial charge in [0.2, 0.25) is 5.95 Å². The molecule has 0 spiro atoms. The molecule has 31 heavy (non-hydrogen) atoms. The number of hydrazone groups is 1. The van der Waals surface area contributed by atoms with E-state index in [0.29, 0.717) is 11.3 Å². The Morgan fingerprint density at radius 3 is 2.23 bits per heavy atom. The topological polar surface area (TPSA) is 125 Å². The quantitative estimate of drug-likeness (QED) is 0.337. The van der Waals surface area contributed by atoms with E-state index in [1.165, 1.54) is 17.8 Å². The normalized spacial score (nSPS) is 12.6. The van der Waals surface area contributed by atoms with Crippen molar-refractivity contribution in [2.24, 2.45) is 12.1 Å². The highest BCUT2D eigenvalue weighted by molar-refractivity contribution is 5.82. The maximum absolute atomic E-state index is 11.7. The van der Waals surface area contributed by atoms with Crippen molar-refractivity contribution in [3.05, 3.63) is 55.7 Å². The molecule has 0 atom stereocenters. The van der Waals surface area contributed by atoms with Gasteiger partial charge in [-0.2, -0.15) is 10.1 Å². The van der Waals surface area contributed by atoms with Gasteiger partial charge >= 0.3 is 11.1 Å². The minimum atomic E-state index is -0.753. The maximum atomic E-state index is 11.7. The van der Waals surface area contributed by atoms with E-state index in [0.717, 1.165) is 16.7 Å². The Morgan fingerprint density at radius 2 is 1.68 bits per heavy atom. The minimum absolute atomic E-state index is 0.170. The first-order chi connectivity index (χ1) is 14.3. The lowest BCUT2D eigenvalue weighted by Gasteiger charge is -2.27. The molecule has 9 heteroatoms. The molecule has 0 aliphatic rings. The van der Waals surface area contributed by atoms with Crippen molar-refractivity contribution in [2.75, 3.05) is 5.43 Å². The maximum Gasteiger partial charge on any atom is 0.316 e. The van der Waals surface area contributed by atoms with E-state index in [4.69, 9.17) is 0 Å². The molecule has 2 aromatic heterocycles. The Balaban J connectivity index is 1.96. The summed E-state index contributed by atoms with van der Waals surface area (Å²) in [4.78, 5) is 34.2. The number of anilines is 1. The van der Waals surface area contributed by atoms with Gasteiger partial charge in [-0.25, -0.2) is 10.4 Å². The molecule has 3 N–H and O–H groups in total. The van der Waals surface area contributed by atoms with Gasteiger partial charge in [0.15, 0.2) is 5.65 Å². The van der Waals surface area contributed by atoms with E-state index in [1.54, 1.807) is 6.21 Å². The number of phenols is 1. The molecule has 0 unspecified atom stereocenters. The fourth-order valence-electron chi connectivity index (χ4n) is 3.23. The summed E-state index contributed by atoms with van der Waals surface area (Å²) in [7, 11) is 1.49. The van der Waals surface area contributed by atoms with Gasteiger partial charge in [0, 0.05) is 18.2 Å². The van der Waals surface area contributed by atoms with Gasteiger partial charge in [-0.15, -0.1) is 0 Å². The predicted octanol–water partition coefficient (Wildman–Crippen LogP) is 2.76. The number of hydrogen-bond acceptors (Lipinski definition) is 7. The number of nitrogens with zero attached hydrogens (tertiary/aromatic N) is 4. The van der Waals surface area contributed by atoms with E-state index in [1.807, 2.05) is 53.7 Å². The lowest BCUT2D eigenvalue weighted by Crippen LogP contribution is -2.35. The highest BCUT2D eigenvalue weighted by atomic mass is 16.3. The van der Waals surface area contributed by atoms with Gasteiger partial charge in [-0.1, -0.05) is 41.5 Å². The molecule has 0 aliphatic carbocycles. The number of H-pyrrole nitrogens is 1. The Kier molecular flexibility index (Phi) is 5.47. The molecule has 0 fully saturated rings. The first-order valence-electron chi connectivity index (χ1n) is 9.92. The number of aromatic nitrogens is 4. The van der Waals surface area contributed by atoms with Crippen LogP contribution in [0.1, 0.15) is 58.2 Å². The number of benzene rings is 1. The Hall–Kier alpha value is -3.49. The summed E-state index contributed by atoms with van der Waals surface area (Å²) in [5.74, 6) is 0.474. The van der Waals surface area contributed by atoms with Crippen molar-refractivity contribution < 1.29 is 5.11 Å². The van der Waals surface area contributed by atoms with Crippen molar-refractivity contribution in [1.82, 2.24) is 19.5 Å². The van der Waals surface area contributed by atoms with Gasteiger partial charge in [-0.05, 0) is 28.5 Å². The van der Waals surface area contributed by atoms with E-state index in [9.17, 15) is 14.7 Å². The third kappa shape index (κ3) is 4.50. The highest BCUT2D eigenvalue weighted by Crippen LogP contribution is 2.39. The standard InChI is InChI=1S/C22H28N6O3/c1-21(2,3)13-8-12(9-14(16(13)29)22(4,5)6)10-24-27-20-23-11-15-17(26-20)25-18(30)19(31)28(15)7/h8-11,29H,1-7H3,(H2,23,25,26,27,30). The van der Waals surface area contributed by atoms with Gasteiger partial charge < -0.3 is 14.7 Å². The molecule has 3 aromatic rings. The second-order valence-corrected chi connectivity index (χ2v) is 9.58. The number of aryl methyl sites for hydroxylation is 1. The highest BCUT2D eigenvalue weighted by Gasteiger charge is 2.26. The van der Waals surface area contributed by atoms with Gasteiger partial charge in [-0.3, -0.25) is 9.59 Å². The number of aromatic amines is 1. The van der Waals surface area contributed by atoms with Crippen LogP contribution in [0.25, 0.3) is 11.2 Å². The summed E-state index contributed by atoms with van der Waals surface area (Å²) in [5.41, 5.74) is 3.95. The summed E-state index contributed by atoms with van der Waals surface area (Å²) in [6, 6.07) is 3.81. The minimum Gasteiger partial charge on any atom is -0.507 e. The molecule has 0 radical (unpaired) electrons. The predicted molar refractivity (Wildman–Crippen MR) is 122 cm³/mol. The van der Waals surface area contributed by atoms with Gasteiger partial charge in [0.1, 0.15) is 11.3 Å². The van der Waals surface area contributed by atoms with Crippen LogP contribution in [-0.4, -0.2) is 30.8 Å². The van der Waals surface area contributed by atoms with Crippen LogP contribution < -0.4 is 16.5 Å². The van der Waals surface area contributed by atoms with E-state index in [-0.39, 0.29) is 22.4 Å². The van der Waals surface area contributed by atoms with Crippen LogP contribution in [0.15, 0.2) is 33.0 Å². The number of nitrogens with one attached hydrogen (secondary N) is 2. The zero-order chi connectivity index (χ0) is 23.1. The lowest BCUT2D eigenvalue weighted by atomic mass is 9.78. The van der Waals surface area contributed by atoms with Crippen LogP contribution in [0.2, 0.25) is 0 Å². The zero-order valence-electron chi connectivity index (χ0n) is 18.9. The number of hydrogen-bond donors (Lipinski definition) is 3. The van der Waals surface area contributed by atoms with Crippen LogP contribution in [0.4, 0.5) is 5.95 Å². The summed E-state index contributed by atoms with van der Waals surface area (Å²) in [6.45, 7) is 12.3. The second kappa shape index (κ2) is 7.64. The smallest absolute Gasteiger partial charge is 0.316 e. The average molecular weight is 425 g/mol. The third-order valence-electron chi connectivity index (χ3n) is 4.99. The summed E-state index contributed by atoms with van der Waals surface area (Å²) in [6.07, 6.45) is 3.06. The van der Waals surface area contributed by atoms with Crippen LogP contribution in [0, 0.1) is 0 Å². The first-order valence-corrected chi connectivity index (χ1v) is 9.92. The van der Waals surface area contributed by atoms with E-state index < -0.39 is 11.1 Å². The van der Waals surface area contributed by atoms with Gasteiger partial charge in [0.25, 0.3) is 0 Å². The lowest BCUT2D eigenvalue weighted by molar-refractivity contribution is 0.423. The number of aromatic hydroxyl groups is 1. The SMILES string of the molecule is Cn1c(=O)c(=O)[nH]c2nc(NN=Cc3cc(C(C)(C)C)c(O)c(C(C)(C)C)c3)ncc21. The summed E-state index contributed by atoms with van der Waals surface area (Å²) in [5, 5.41) is 15.0. The van der Waals surface area contributed by atoms with Crippen LogP contribution in [0.3, 0.4) is 0 Å². The van der Waals surface area contributed by atoms with E-state index >= 15 is 0 Å². The molecule has 0 saturated heterocycles. The van der Waals surface area contributed by atoms with E-state index in [2.05, 4.69) is 25.5 Å². The largest absolute Gasteiger partial charge is 0.507 e. The van der Waals surface area contributed by atoms with Crippen molar-refractivity contribution in [2.45, 2.75) is 52.4 Å². The third-order valence-corrected chi connectivity index (χ3v) is 4.99. The molecule has 0 saturated carbocycles.